The van der Waals surface area contributed by atoms with Gasteiger partial charge in [-0.3, -0.25) is 0 Å². The summed E-state index contributed by atoms with van der Waals surface area (Å²) in [6, 6.07) is 7.15. The molecule has 0 bridgehead atoms. The van der Waals surface area contributed by atoms with E-state index in [1.807, 2.05) is 24.4 Å². The third kappa shape index (κ3) is 3.51. The van der Waals surface area contributed by atoms with E-state index >= 15 is 0 Å². The Hall–Kier alpha value is -1.10. The van der Waals surface area contributed by atoms with Crippen molar-refractivity contribution in [1.82, 2.24) is 5.32 Å². The summed E-state index contributed by atoms with van der Waals surface area (Å²) in [5.41, 5.74) is 2.03. The first kappa shape index (κ1) is 15.3. The molecule has 20 heavy (non-hydrogen) atoms. The van der Waals surface area contributed by atoms with E-state index in [0.29, 0.717) is 0 Å². The highest BCUT2D eigenvalue weighted by molar-refractivity contribution is 7.14. The first-order valence-corrected chi connectivity index (χ1v) is 7.60. The predicted octanol–water partition coefficient (Wildman–Crippen LogP) is 4.96. The predicted molar refractivity (Wildman–Crippen MR) is 82.2 cm³/mol. The number of halogens is 2. The number of ether oxygens (including phenoxy) is 1. The Morgan fingerprint density at radius 1 is 1.20 bits per heavy atom. The Labute approximate surface area is 127 Å². The van der Waals surface area contributed by atoms with Crippen molar-refractivity contribution < 1.29 is 9.13 Å². The first-order chi connectivity index (χ1) is 9.51. The van der Waals surface area contributed by atoms with Crippen molar-refractivity contribution in [3.8, 4) is 5.75 Å². The molecule has 1 heterocycles. The molecule has 108 valence electrons. The fourth-order valence-corrected chi connectivity index (χ4v) is 3.05. The molecular weight excluding hydrogens is 297 g/mol. The van der Waals surface area contributed by atoms with Crippen LogP contribution in [0.2, 0.25) is 4.34 Å². The fourth-order valence-electron chi connectivity index (χ4n) is 2.07. The summed E-state index contributed by atoms with van der Waals surface area (Å²) in [6.45, 7) is 4.07. The van der Waals surface area contributed by atoms with Gasteiger partial charge in [-0.2, -0.15) is 0 Å². The van der Waals surface area contributed by atoms with E-state index in [9.17, 15) is 4.39 Å². The molecule has 0 saturated heterocycles. The molecule has 2 rings (SSSR count). The van der Waals surface area contributed by atoms with Crippen LogP contribution in [0.15, 0.2) is 29.6 Å². The normalized spacial score (nSPS) is 14.1. The Kier molecular flexibility index (Phi) is 5.02. The highest BCUT2D eigenvalue weighted by Gasteiger charge is 2.14. The van der Waals surface area contributed by atoms with Crippen LogP contribution < -0.4 is 10.1 Å². The maximum atomic E-state index is 13.7. The smallest absolute Gasteiger partial charge is 0.165 e. The van der Waals surface area contributed by atoms with Gasteiger partial charge in [0.05, 0.1) is 11.4 Å². The minimum absolute atomic E-state index is 0.0316. The van der Waals surface area contributed by atoms with Gasteiger partial charge in [0.15, 0.2) is 11.6 Å². The van der Waals surface area contributed by atoms with Crippen LogP contribution in [0.3, 0.4) is 0 Å². The summed E-state index contributed by atoms with van der Waals surface area (Å²) in [4.78, 5) is 0. The van der Waals surface area contributed by atoms with Crippen LogP contribution in [-0.2, 0) is 0 Å². The third-order valence-corrected chi connectivity index (χ3v) is 4.37. The van der Waals surface area contributed by atoms with Gasteiger partial charge in [-0.25, -0.2) is 4.39 Å². The zero-order valence-corrected chi connectivity index (χ0v) is 13.2. The van der Waals surface area contributed by atoms with Crippen LogP contribution in [-0.4, -0.2) is 7.11 Å². The zero-order valence-electron chi connectivity index (χ0n) is 11.6. The molecule has 1 N–H and O–H groups in total. The lowest BCUT2D eigenvalue weighted by Crippen LogP contribution is -2.22. The molecule has 2 unspecified atom stereocenters. The number of hydrogen-bond acceptors (Lipinski definition) is 3. The highest BCUT2D eigenvalue weighted by Crippen LogP contribution is 2.27. The summed E-state index contributed by atoms with van der Waals surface area (Å²) in [6.07, 6.45) is 0. The van der Waals surface area contributed by atoms with Gasteiger partial charge in [0.1, 0.15) is 0 Å². The second-order valence-corrected chi connectivity index (χ2v) is 6.23. The molecule has 5 heteroatoms. The van der Waals surface area contributed by atoms with Gasteiger partial charge in [-0.1, -0.05) is 17.7 Å². The van der Waals surface area contributed by atoms with Crippen LogP contribution in [0.1, 0.15) is 37.1 Å². The summed E-state index contributed by atoms with van der Waals surface area (Å²) < 4.78 is 19.4. The number of rotatable bonds is 5. The number of thiophene rings is 1. The SMILES string of the molecule is COc1ccc(C(C)NC(C)c2csc(Cl)c2)cc1F. The molecule has 0 saturated carbocycles. The van der Waals surface area contributed by atoms with Crippen molar-refractivity contribution in [1.29, 1.82) is 0 Å². The lowest BCUT2D eigenvalue weighted by Gasteiger charge is -2.20. The van der Waals surface area contributed by atoms with Crippen molar-refractivity contribution in [2.24, 2.45) is 0 Å². The third-order valence-electron chi connectivity index (χ3n) is 3.26. The number of methoxy groups -OCH3 is 1. The maximum absolute atomic E-state index is 13.7. The summed E-state index contributed by atoms with van der Waals surface area (Å²) >= 11 is 7.45. The largest absolute Gasteiger partial charge is 0.494 e. The molecule has 0 radical (unpaired) electrons. The van der Waals surface area contributed by atoms with E-state index in [2.05, 4.69) is 12.2 Å². The monoisotopic (exact) mass is 313 g/mol. The number of nitrogens with one attached hydrogen (secondary N) is 1. The molecule has 2 nitrogen and oxygen atoms in total. The Bertz CT molecular complexity index is 587. The van der Waals surface area contributed by atoms with Crippen molar-refractivity contribution >= 4 is 22.9 Å². The zero-order chi connectivity index (χ0) is 14.7. The lowest BCUT2D eigenvalue weighted by molar-refractivity contribution is 0.385. The Morgan fingerprint density at radius 2 is 1.90 bits per heavy atom. The Balaban J connectivity index is 2.07. The average molecular weight is 314 g/mol. The van der Waals surface area contributed by atoms with Gasteiger partial charge in [0.25, 0.3) is 0 Å². The molecule has 1 aromatic carbocycles. The molecule has 0 aliphatic heterocycles. The molecule has 1 aromatic heterocycles. The topological polar surface area (TPSA) is 21.3 Å². The number of hydrogen-bond donors (Lipinski definition) is 1. The van der Waals surface area contributed by atoms with Gasteiger partial charge in [-0.15, -0.1) is 11.3 Å². The molecular formula is C15H17ClFNOS. The quantitative estimate of drug-likeness (QED) is 0.842. The molecule has 2 atom stereocenters. The lowest BCUT2D eigenvalue weighted by atomic mass is 10.1. The second kappa shape index (κ2) is 6.57. The van der Waals surface area contributed by atoms with Gasteiger partial charge in [-0.05, 0) is 48.6 Å². The van der Waals surface area contributed by atoms with E-state index in [0.717, 1.165) is 15.5 Å². The van der Waals surface area contributed by atoms with Gasteiger partial charge in [0.2, 0.25) is 0 Å². The van der Waals surface area contributed by atoms with E-state index in [4.69, 9.17) is 16.3 Å². The van der Waals surface area contributed by atoms with E-state index in [1.165, 1.54) is 24.5 Å². The van der Waals surface area contributed by atoms with Crippen molar-refractivity contribution in [2.75, 3.05) is 7.11 Å². The number of benzene rings is 1. The molecule has 0 aliphatic carbocycles. The minimum Gasteiger partial charge on any atom is -0.494 e. The van der Waals surface area contributed by atoms with E-state index < -0.39 is 0 Å². The van der Waals surface area contributed by atoms with E-state index in [1.54, 1.807) is 6.07 Å². The van der Waals surface area contributed by atoms with Crippen LogP contribution >= 0.6 is 22.9 Å². The second-order valence-electron chi connectivity index (χ2n) is 4.69. The van der Waals surface area contributed by atoms with Crippen molar-refractivity contribution in [2.45, 2.75) is 25.9 Å². The standard InChI is InChI=1S/C15H17ClFNOS/c1-9(11-4-5-14(19-3)13(17)6-11)18-10(2)12-7-15(16)20-8-12/h4-10,18H,1-3H3. The van der Waals surface area contributed by atoms with Crippen LogP contribution in [0.4, 0.5) is 4.39 Å². The molecule has 0 aliphatic rings. The van der Waals surface area contributed by atoms with Crippen molar-refractivity contribution in [3.05, 3.63) is 50.9 Å². The highest BCUT2D eigenvalue weighted by atomic mass is 35.5. The van der Waals surface area contributed by atoms with Crippen molar-refractivity contribution in [3.63, 3.8) is 0 Å². The maximum Gasteiger partial charge on any atom is 0.165 e. The van der Waals surface area contributed by atoms with E-state index in [-0.39, 0.29) is 23.7 Å². The van der Waals surface area contributed by atoms with Gasteiger partial charge in [0, 0.05) is 12.1 Å². The molecule has 0 spiro atoms. The van der Waals surface area contributed by atoms with Crippen LogP contribution in [0, 0.1) is 5.82 Å². The van der Waals surface area contributed by atoms with Crippen LogP contribution in [0.25, 0.3) is 0 Å². The molecule has 0 amide bonds. The Morgan fingerprint density at radius 3 is 2.45 bits per heavy atom. The summed E-state index contributed by atoms with van der Waals surface area (Å²) in [7, 11) is 1.46. The van der Waals surface area contributed by atoms with Gasteiger partial charge >= 0.3 is 0 Å². The summed E-state index contributed by atoms with van der Waals surface area (Å²) in [5.74, 6) is -0.0801. The average Bonchev–Trinajstić information content (AvgIpc) is 2.85. The summed E-state index contributed by atoms with van der Waals surface area (Å²) in [5, 5.41) is 5.46. The fraction of sp³-hybridized carbons (Fsp3) is 0.333. The molecule has 0 fully saturated rings. The van der Waals surface area contributed by atoms with Crippen LogP contribution in [0.5, 0.6) is 5.75 Å². The molecule has 2 aromatic rings. The minimum atomic E-state index is -0.343. The van der Waals surface area contributed by atoms with Gasteiger partial charge < -0.3 is 10.1 Å². The first-order valence-electron chi connectivity index (χ1n) is 6.34.